The van der Waals surface area contributed by atoms with Crippen LogP contribution in [0.1, 0.15) is 24.0 Å². The molecular weight excluding hydrogens is 254 g/mol. The van der Waals surface area contributed by atoms with Crippen molar-refractivity contribution in [3.63, 3.8) is 0 Å². The van der Waals surface area contributed by atoms with E-state index in [9.17, 15) is 0 Å². The third kappa shape index (κ3) is 2.80. The highest BCUT2D eigenvalue weighted by atomic mass is 79.9. The van der Waals surface area contributed by atoms with E-state index in [1.807, 2.05) is 6.07 Å². The molecular formula is C12H16BrNO. The minimum absolute atomic E-state index is 0.0588. The van der Waals surface area contributed by atoms with Gasteiger partial charge in [0.1, 0.15) is 0 Å². The van der Waals surface area contributed by atoms with Crippen LogP contribution in [0.5, 0.6) is 0 Å². The lowest BCUT2D eigenvalue weighted by Crippen LogP contribution is -2.25. The first-order chi connectivity index (χ1) is 7.13. The molecule has 2 nitrogen and oxygen atoms in total. The van der Waals surface area contributed by atoms with Crippen LogP contribution >= 0.6 is 15.9 Å². The Hall–Kier alpha value is -0.380. The number of rotatable bonds is 4. The van der Waals surface area contributed by atoms with Crippen LogP contribution in [0.15, 0.2) is 22.7 Å². The van der Waals surface area contributed by atoms with Crippen LogP contribution in [-0.4, -0.2) is 12.6 Å². The molecule has 1 fully saturated rings. The summed E-state index contributed by atoms with van der Waals surface area (Å²) in [5, 5.41) is 0. The molecule has 0 radical (unpaired) electrons. The van der Waals surface area contributed by atoms with E-state index in [1.54, 1.807) is 7.11 Å². The fourth-order valence-electron chi connectivity index (χ4n) is 1.77. The van der Waals surface area contributed by atoms with E-state index in [1.165, 1.54) is 11.1 Å². The Labute approximate surface area is 98.9 Å². The Morgan fingerprint density at radius 2 is 2.13 bits per heavy atom. The molecule has 0 bridgehead atoms. The highest BCUT2D eigenvalue weighted by molar-refractivity contribution is 9.10. The fourth-order valence-corrected chi connectivity index (χ4v) is 2.18. The molecule has 1 saturated carbocycles. The van der Waals surface area contributed by atoms with Crippen LogP contribution in [-0.2, 0) is 17.8 Å². The number of ether oxygens (including phenoxy) is 1. The van der Waals surface area contributed by atoms with Gasteiger partial charge in [-0.15, -0.1) is 0 Å². The lowest BCUT2D eigenvalue weighted by molar-refractivity contribution is 0.184. The molecule has 0 aromatic heterocycles. The second-order valence-corrected chi connectivity index (χ2v) is 5.30. The van der Waals surface area contributed by atoms with Gasteiger partial charge in [-0.05, 0) is 42.5 Å². The highest BCUT2D eigenvalue weighted by Crippen LogP contribution is 2.36. The second kappa shape index (κ2) is 4.24. The molecule has 1 aliphatic rings. The van der Waals surface area contributed by atoms with Crippen LogP contribution < -0.4 is 5.73 Å². The van der Waals surface area contributed by atoms with Crippen LogP contribution in [0, 0.1) is 0 Å². The maximum Gasteiger partial charge on any atom is 0.0715 e. The topological polar surface area (TPSA) is 35.2 Å². The first kappa shape index (κ1) is 11.1. The molecule has 2 N–H and O–H groups in total. The van der Waals surface area contributed by atoms with Gasteiger partial charge in [-0.3, -0.25) is 0 Å². The molecule has 0 aliphatic heterocycles. The molecule has 82 valence electrons. The minimum Gasteiger partial charge on any atom is -0.380 e. The molecule has 1 aromatic rings. The van der Waals surface area contributed by atoms with Crippen molar-refractivity contribution >= 4 is 15.9 Å². The van der Waals surface area contributed by atoms with Gasteiger partial charge in [0.05, 0.1) is 6.61 Å². The number of hydrogen-bond acceptors (Lipinski definition) is 2. The first-order valence-corrected chi connectivity index (χ1v) is 5.97. The summed E-state index contributed by atoms with van der Waals surface area (Å²) in [5.74, 6) is 0. The lowest BCUT2D eigenvalue weighted by Gasteiger charge is -2.13. The molecule has 0 atom stereocenters. The van der Waals surface area contributed by atoms with Gasteiger partial charge >= 0.3 is 0 Å². The zero-order valence-electron chi connectivity index (χ0n) is 8.92. The van der Waals surface area contributed by atoms with E-state index in [0.717, 1.165) is 23.7 Å². The van der Waals surface area contributed by atoms with Crippen molar-refractivity contribution in [3.8, 4) is 0 Å². The zero-order chi connectivity index (χ0) is 10.9. The predicted molar refractivity (Wildman–Crippen MR) is 64.7 cm³/mol. The number of halogens is 1. The van der Waals surface area contributed by atoms with Gasteiger partial charge in [-0.2, -0.15) is 0 Å². The standard InChI is InChI=1S/C12H16BrNO/c1-15-8-9-2-3-11(13)6-10(9)7-12(14)4-5-12/h2-3,6H,4-5,7-8,14H2,1H3. The summed E-state index contributed by atoms with van der Waals surface area (Å²) in [6.45, 7) is 0.665. The molecule has 0 amide bonds. The van der Waals surface area contributed by atoms with Crippen LogP contribution in [0.25, 0.3) is 0 Å². The van der Waals surface area contributed by atoms with Crippen LogP contribution in [0.2, 0.25) is 0 Å². The van der Waals surface area contributed by atoms with Gasteiger partial charge < -0.3 is 10.5 Å². The Bertz CT molecular complexity index is 361. The van der Waals surface area contributed by atoms with Gasteiger partial charge in [0.25, 0.3) is 0 Å². The van der Waals surface area contributed by atoms with E-state index in [4.69, 9.17) is 10.5 Å². The fraction of sp³-hybridized carbons (Fsp3) is 0.500. The van der Waals surface area contributed by atoms with Crippen LogP contribution in [0.4, 0.5) is 0 Å². The summed E-state index contributed by atoms with van der Waals surface area (Å²) >= 11 is 3.49. The highest BCUT2D eigenvalue weighted by Gasteiger charge is 2.38. The van der Waals surface area contributed by atoms with E-state index in [-0.39, 0.29) is 5.54 Å². The summed E-state index contributed by atoms with van der Waals surface area (Å²) in [5.41, 5.74) is 8.76. The molecule has 2 rings (SSSR count). The van der Waals surface area contributed by atoms with Crippen molar-refractivity contribution in [2.45, 2.75) is 31.4 Å². The SMILES string of the molecule is COCc1ccc(Br)cc1CC1(N)CC1. The molecule has 1 aliphatic carbocycles. The van der Waals surface area contributed by atoms with E-state index >= 15 is 0 Å². The van der Waals surface area contributed by atoms with Gasteiger partial charge in [-0.1, -0.05) is 22.0 Å². The quantitative estimate of drug-likeness (QED) is 0.912. The Balaban J connectivity index is 2.21. The lowest BCUT2D eigenvalue weighted by atomic mass is 10.00. The zero-order valence-corrected chi connectivity index (χ0v) is 10.5. The summed E-state index contributed by atoms with van der Waals surface area (Å²) < 4.78 is 6.30. The normalized spacial score (nSPS) is 17.8. The van der Waals surface area contributed by atoms with Crippen molar-refractivity contribution in [2.75, 3.05) is 7.11 Å². The maximum atomic E-state index is 6.14. The maximum absolute atomic E-state index is 6.14. The van der Waals surface area contributed by atoms with E-state index < -0.39 is 0 Å². The van der Waals surface area contributed by atoms with Crippen molar-refractivity contribution < 1.29 is 4.74 Å². The third-order valence-corrected chi connectivity index (χ3v) is 3.40. The van der Waals surface area contributed by atoms with Crippen molar-refractivity contribution in [3.05, 3.63) is 33.8 Å². The van der Waals surface area contributed by atoms with Gasteiger partial charge in [0, 0.05) is 17.1 Å². The second-order valence-electron chi connectivity index (χ2n) is 4.39. The molecule has 0 spiro atoms. The summed E-state index contributed by atoms with van der Waals surface area (Å²) in [4.78, 5) is 0. The Morgan fingerprint density at radius 3 is 2.73 bits per heavy atom. The Morgan fingerprint density at radius 1 is 1.40 bits per heavy atom. The van der Waals surface area contributed by atoms with Crippen molar-refractivity contribution in [2.24, 2.45) is 5.73 Å². The Kier molecular flexibility index (Phi) is 3.14. The number of hydrogen-bond donors (Lipinski definition) is 1. The molecule has 0 heterocycles. The van der Waals surface area contributed by atoms with E-state index in [0.29, 0.717) is 6.61 Å². The van der Waals surface area contributed by atoms with E-state index in [2.05, 4.69) is 28.1 Å². The average molecular weight is 270 g/mol. The monoisotopic (exact) mass is 269 g/mol. The first-order valence-electron chi connectivity index (χ1n) is 5.18. The summed E-state index contributed by atoms with van der Waals surface area (Å²) in [6.07, 6.45) is 3.25. The molecule has 1 aromatic carbocycles. The average Bonchev–Trinajstić information content (AvgIpc) is 2.89. The van der Waals surface area contributed by atoms with Crippen molar-refractivity contribution in [1.82, 2.24) is 0 Å². The minimum atomic E-state index is 0.0588. The summed E-state index contributed by atoms with van der Waals surface area (Å²) in [7, 11) is 1.72. The molecule has 0 unspecified atom stereocenters. The number of nitrogens with two attached hydrogens (primary N) is 1. The predicted octanol–water partition coefficient (Wildman–Crippen LogP) is 2.63. The largest absolute Gasteiger partial charge is 0.380 e. The number of benzene rings is 1. The third-order valence-electron chi connectivity index (χ3n) is 2.90. The molecule has 3 heteroatoms. The summed E-state index contributed by atoms with van der Waals surface area (Å²) in [6, 6.07) is 6.31. The molecule has 0 saturated heterocycles. The van der Waals surface area contributed by atoms with Gasteiger partial charge in [0.2, 0.25) is 0 Å². The smallest absolute Gasteiger partial charge is 0.0715 e. The van der Waals surface area contributed by atoms with Crippen LogP contribution in [0.3, 0.4) is 0 Å². The van der Waals surface area contributed by atoms with Gasteiger partial charge in [0.15, 0.2) is 0 Å². The van der Waals surface area contributed by atoms with Crippen molar-refractivity contribution in [1.29, 1.82) is 0 Å². The number of methoxy groups -OCH3 is 1. The molecule has 15 heavy (non-hydrogen) atoms. The van der Waals surface area contributed by atoms with Gasteiger partial charge in [-0.25, -0.2) is 0 Å².